The van der Waals surface area contributed by atoms with E-state index in [1.165, 1.54) is 27.4 Å². The van der Waals surface area contributed by atoms with Gasteiger partial charge in [0.25, 0.3) is 5.91 Å². The van der Waals surface area contributed by atoms with Gasteiger partial charge in [-0.15, -0.1) is 5.10 Å². The third-order valence-corrected chi connectivity index (χ3v) is 4.57. The molecule has 1 aromatic carbocycles. The van der Waals surface area contributed by atoms with E-state index in [1.807, 2.05) is 0 Å². The normalized spacial score (nSPS) is 16.7. The van der Waals surface area contributed by atoms with E-state index in [4.69, 9.17) is 9.47 Å². The summed E-state index contributed by atoms with van der Waals surface area (Å²) in [5.41, 5.74) is 0.603. The van der Waals surface area contributed by atoms with Crippen LogP contribution in [-0.2, 0) is 19.1 Å². The summed E-state index contributed by atoms with van der Waals surface area (Å²) in [5, 5.41) is 10.5. The Balaban J connectivity index is 2.18. The first-order valence-electron chi connectivity index (χ1n) is 7.30. The molecule has 1 aliphatic heterocycles. The van der Waals surface area contributed by atoms with Gasteiger partial charge in [0, 0.05) is 23.0 Å². The smallest absolute Gasteiger partial charge is 0.331 e. The van der Waals surface area contributed by atoms with E-state index in [-0.39, 0.29) is 15.8 Å². The van der Waals surface area contributed by atoms with Crippen LogP contribution in [0, 0.1) is 0 Å². The maximum atomic E-state index is 11.7. The Morgan fingerprint density at radius 2 is 2.00 bits per heavy atom. The number of esters is 2. The predicted octanol–water partition coefficient (Wildman–Crippen LogP) is 1.99. The van der Waals surface area contributed by atoms with Crippen LogP contribution in [0.3, 0.4) is 0 Å². The van der Waals surface area contributed by atoms with Crippen molar-refractivity contribution in [3.63, 3.8) is 0 Å². The van der Waals surface area contributed by atoms with Gasteiger partial charge in [-0.25, -0.2) is 4.79 Å². The van der Waals surface area contributed by atoms with Gasteiger partial charge in [0.2, 0.25) is 0 Å². The van der Waals surface area contributed by atoms with E-state index in [1.54, 1.807) is 12.1 Å². The Kier molecular flexibility index (Phi) is 7.13. The van der Waals surface area contributed by atoms with Gasteiger partial charge in [0.15, 0.2) is 16.7 Å². The maximum Gasteiger partial charge on any atom is 0.331 e. The van der Waals surface area contributed by atoms with Crippen LogP contribution in [0.15, 0.2) is 37.8 Å². The Morgan fingerprint density at radius 3 is 2.63 bits per heavy atom. The molecule has 0 bridgehead atoms. The number of carbonyl (C=O) groups is 3. The fourth-order valence-corrected chi connectivity index (χ4v) is 2.99. The summed E-state index contributed by atoms with van der Waals surface area (Å²) in [6.45, 7) is 1.29. The summed E-state index contributed by atoms with van der Waals surface area (Å²) in [6.07, 6.45) is 2.49. The number of ether oxygens (including phenoxy) is 3. The van der Waals surface area contributed by atoms with Gasteiger partial charge < -0.3 is 14.2 Å². The first kappa shape index (κ1) is 20.6. The summed E-state index contributed by atoms with van der Waals surface area (Å²) in [7, 11) is 2.66. The Bertz CT molecular complexity index is 881. The van der Waals surface area contributed by atoms with Gasteiger partial charge in [0.05, 0.1) is 25.3 Å². The zero-order valence-electron chi connectivity index (χ0n) is 14.4. The van der Waals surface area contributed by atoms with E-state index in [2.05, 4.69) is 36.2 Å². The fourth-order valence-electron chi connectivity index (χ4n) is 1.83. The molecule has 142 valence electrons. The number of methoxy groups -OCH3 is 2. The van der Waals surface area contributed by atoms with Crippen molar-refractivity contribution in [1.82, 2.24) is 5.32 Å². The number of benzene rings is 1. The molecular weight excluding hydrogens is 442 g/mol. The molecule has 1 aromatic rings. The zero-order chi connectivity index (χ0) is 20.0. The fraction of sp³-hybridized carbons (Fsp3) is 0.188. The van der Waals surface area contributed by atoms with Crippen LogP contribution in [0.25, 0.3) is 0 Å². The van der Waals surface area contributed by atoms with Gasteiger partial charge in [-0.3, -0.25) is 14.9 Å². The number of carbonyl (C=O) groups excluding carboxylic acids is 3. The third-order valence-electron chi connectivity index (χ3n) is 2.98. The average Bonchev–Trinajstić information content (AvgIpc) is 2.95. The Hall–Kier alpha value is -2.66. The molecule has 27 heavy (non-hydrogen) atoms. The summed E-state index contributed by atoms with van der Waals surface area (Å²) >= 11 is 4.31. The molecular formula is C16H14BrN3O6S. The lowest BCUT2D eigenvalue weighted by atomic mass is 10.2. The van der Waals surface area contributed by atoms with Gasteiger partial charge in [-0.2, -0.15) is 5.10 Å². The number of rotatable bonds is 5. The molecule has 11 heteroatoms. The number of hydrogen-bond donors (Lipinski definition) is 1. The molecule has 0 spiro atoms. The molecule has 0 aromatic heterocycles. The minimum Gasteiger partial charge on any atom is -0.493 e. The van der Waals surface area contributed by atoms with Crippen LogP contribution >= 0.6 is 27.7 Å². The zero-order valence-corrected chi connectivity index (χ0v) is 16.8. The molecule has 0 saturated carbocycles. The number of nitrogens with one attached hydrogen (secondary N) is 1. The van der Waals surface area contributed by atoms with Crippen molar-refractivity contribution >= 4 is 56.9 Å². The highest BCUT2D eigenvalue weighted by Gasteiger charge is 2.25. The first-order chi connectivity index (χ1) is 12.8. The largest absolute Gasteiger partial charge is 0.493 e. The molecule has 1 amide bonds. The number of halogens is 1. The van der Waals surface area contributed by atoms with Crippen molar-refractivity contribution < 1.29 is 28.6 Å². The lowest BCUT2D eigenvalue weighted by Crippen LogP contribution is -2.19. The second kappa shape index (κ2) is 9.33. The van der Waals surface area contributed by atoms with E-state index >= 15 is 0 Å². The van der Waals surface area contributed by atoms with Crippen molar-refractivity contribution in [1.29, 1.82) is 0 Å². The quantitative estimate of drug-likeness (QED) is 0.237. The molecule has 1 saturated heterocycles. The van der Waals surface area contributed by atoms with Crippen LogP contribution in [-0.4, -0.2) is 43.4 Å². The van der Waals surface area contributed by atoms with Crippen LogP contribution in [0.5, 0.6) is 11.5 Å². The maximum absolute atomic E-state index is 11.7. The second-order valence-corrected chi connectivity index (χ2v) is 6.74. The summed E-state index contributed by atoms with van der Waals surface area (Å²) in [6, 6.07) is 3.17. The van der Waals surface area contributed by atoms with Crippen LogP contribution in [0.2, 0.25) is 0 Å². The minimum absolute atomic E-state index is 0.157. The summed E-state index contributed by atoms with van der Waals surface area (Å²) in [4.78, 5) is 34.2. The molecule has 1 N–H and O–H groups in total. The highest BCUT2D eigenvalue weighted by atomic mass is 79.9. The number of hydrogen-bond acceptors (Lipinski definition) is 9. The topological polar surface area (TPSA) is 116 Å². The Labute approximate surface area is 167 Å². The van der Waals surface area contributed by atoms with Crippen molar-refractivity contribution in [2.75, 3.05) is 14.2 Å². The van der Waals surface area contributed by atoms with E-state index in [0.29, 0.717) is 15.8 Å². The standard InChI is InChI=1S/C16H14BrN3O6S/c1-8(21)26-12-5-10(17)9(4-11(12)24-2)7-18-20-16-19-15(23)13(27-16)6-14(22)25-3/h4-7H,1-3H3,(H,19,20,23)/b13-6+,18-7?. The highest BCUT2D eigenvalue weighted by Crippen LogP contribution is 2.33. The number of nitrogens with zero attached hydrogens (tertiary/aromatic N) is 2. The Morgan fingerprint density at radius 1 is 1.26 bits per heavy atom. The lowest BCUT2D eigenvalue weighted by Gasteiger charge is -2.09. The monoisotopic (exact) mass is 455 g/mol. The van der Waals surface area contributed by atoms with Crippen molar-refractivity contribution in [3.05, 3.63) is 33.2 Å². The highest BCUT2D eigenvalue weighted by molar-refractivity contribution is 9.10. The molecule has 0 unspecified atom stereocenters. The average molecular weight is 456 g/mol. The minimum atomic E-state index is -0.638. The van der Waals surface area contributed by atoms with Crippen LogP contribution in [0.4, 0.5) is 0 Å². The molecule has 1 aliphatic rings. The lowest BCUT2D eigenvalue weighted by molar-refractivity contribution is -0.135. The van der Waals surface area contributed by atoms with Gasteiger partial charge >= 0.3 is 11.9 Å². The summed E-state index contributed by atoms with van der Waals surface area (Å²) < 4.78 is 15.3. The van der Waals surface area contributed by atoms with E-state index in [0.717, 1.165) is 17.8 Å². The van der Waals surface area contributed by atoms with E-state index in [9.17, 15) is 14.4 Å². The van der Waals surface area contributed by atoms with Crippen LogP contribution in [0.1, 0.15) is 12.5 Å². The third kappa shape index (κ3) is 5.66. The molecule has 0 aliphatic carbocycles. The van der Waals surface area contributed by atoms with Gasteiger partial charge in [0.1, 0.15) is 0 Å². The predicted molar refractivity (Wildman–Crippen MR) is 103 cm³/mol. The molecule has 1 fully saturated rings. The molecule has 9 nitrogen and oxygen atoms in total. The molecule has 0 radical (unpaired) electrons. The van der Waals surface area contributed by atoms with Crippen molar-refractivity contribution in [3.8, 4) is 11.5 Å². The molecule has 1 heterocycles. The van der Waals surface area contributed by atoms with E-state index < -0.39 is 17.8 Å². The van der Waals surface area contributed by atoms with Gasteiger partial charge in [-0.05, 0) is 39.8 Å². The number of amides is 1. The second-order valence-electron chi connectivity index (χ2n) is 4.86. The number of thioether (sulfide) groups is 1. The van der Waals surface area contributed by atoms with Gasteiger partial charge in [-0.1, -0.05) is 0 Å². The molecule has 2 rings (SSSR count). The molecule has 0 atom stereocenters. The SMILES string of the molecule is COC(=O)/C=C1/S/C(=N\N=Cc2cc(OC)c(OC(C)=O)cc2Br)NC1=O. The van der Waals surface area contributed by atoms with Crippen molar-refractivity contribution in [2.45, 2.75) is 6.92 Å². The first-order valence-corrected chi connectivity index (χ1v) is 8.90. The number of amidine groups is 1. The summed E-state index contributed by atoms with van der Waals surface area (Å²) in [5.74, 6) is -0.974. The van der Waals surface area contributed by atoms with Crippen molar-refractivity contribution in [2.24, 2.45) is 10.2 Å². The van der Waals surface area contributed by atoms with Crippen LogP contribution < -0.4 is 14.8 Å².